The number of carbonyl (C=O) groups excluding carboxylic acids is 1. The Morgan fingerprint density at radius 3 is 2.25 bits per heavy atom. The minimum absolute atomic E-state index is 0.163. The molecule has 5 heteroatoms. The number of aromatic nitrogens is 1. The second-order valence-corrected chi connectivity index (χ2v) is 9.06. The summed E-state index contributed by atoms with van der Waals surface area (Å²) < 4.78 is 0. The number of hydrogen-bond acceptors (Lipinski definition) is 3. The molecule has 1 aromatic heterocycles. The molecule has 0 radical (unpaired) electrons. The van der Waals surface area contributed by atoms with Gasteiger partial charge < -0.3 is 5.32 Å². The molecule has 1 heterocycles. The summed E-state index contributed by atoms with van der Waals surface area (Å²) in [4.78, 5) is 17.0. The first-order valence-corrected chi connectivity index (χ1v) is 11.6. The van der Waals surface area contributed by atoms with E-state index in [4.69, 9.17) is 16.6 Å². The van der Waals surface area contributed by atoms with Crippen molar-refractivity contribution in [3.8, 4) is 21.8 Å². The average Bonchev–Trinajstić information content (AvgIpc) is 3.29. The summed E-state index contributed by atoms with van der Waals surface area (Å²) >= 11 is 7.56. The fraction of sp³-hybridized carbons (Fsp3) is 0.111. The Morgan fingerprint density at radius 2 is 1.59 bits per heavy atom. The second-order valence-electron chi connectivity index (χ2n) is 7.77. The number of halogens is 1. The van der Waals surface area contributed by atoms with Gasteiger partial charge >= 0.3 is 0 Å². The Bertz CT molecular complexity index is 1220. The molecule has 0 saturated carbocycles. The van der Waals surface area contributed by atoms with Gasteiger partial charge in [-0.15, -0.1) is 11.3 Å². The summed E-state index contributed by atoms with van der Waals surface area (Å²) in [5.74, 6) is 0.331. The quantitative estimate of drug-likeness (QED) is 0.298. The number of benzene rings is 3. The van der Waals surface area contributed by atoms with Crippen LogP contribution in [0.25, 0.3) is 27.9 Å². The summed E-state index contributed by atoms with van der Waals surface area (Å²) in [7, 11) is 0. The third-order valence-corrected chi connectivity index (χ3v) is 6.22. The minimum Gasteiger partial charge on any atom is -0.323 e. The van der Waals surface area contributed by atoms with Crippen molar-refractivity contribution in [2.24, 2.45) is 0 Å². The molecule has 0 atom stereocenters. The maximum Gasteiger partial charge on any atom is 0.248 e. The largest absolute Gasteiger partial charge is 0.323 e. The zero-order valence-corrected chi connectivity index (χ0v) is 19.5. The van der Waals surface area contributed by atoms with Crippen LogP contribution in [0.1, 0.15) is 30.9 Å². The van der Waals surface area contributed by atoms with Crippen molar-refractivity contribution < 1.29 is 4.79 Å². The summed E-state index contributed by atoms with van der Waals surface area (Å²) in [6.07, 6.45) is 3.37. The highest BCUT2D eigenvalue weighted by Gasteiger charge is 2.07. The summed E-state index contributed by atoms with van der Waals surface area (Å²) in [5.41, 5.74) is 5.97. The van der Waals surface area contributed by atoms with Crippen molar-refractivity contribution in [2.75, 3.05) is 5.32 Å². The normalized spacial score (nSPS) is 11.2. The summed E-state index contributed by atoms with van der Waals surface area (Å²) in [6.45, 7) is 4.33. The molecule has 4 aromatic rings. The van der Waals surface area contributed by atoms with Gasteiger partial charge in [-0.1, -0.05) is 74.0 Å². The van der Waals surface area contributed by atoms with E-state index in [1.165, 1.54) is 5.56 Å². The predicted octanol–water partition coefficient (Wildman–Crippen LogP) is 7.91. The van der Waals surface area contributed by atoms with E-state index >= 15 is 0 Å². The fourth-order valence-corrected chi connectivity index (χ4v) is 4.16. The average molecular weight is 459 g/mol. The van der Waals surface area contributed by atoms with Crippen LogP contribution in [-0.4, -0.2) is 10.9 Å². The van der Waals surface area contributed by atoms with E-state index in [0.717, 1.165) is 33.1 Å². The highest BCUT2D eigenvalue weighted by Crippen LogP contribution is 2.30. The number of hydrogen-bond donors (Lipinski definition) is 1. The molecular formula is C27H23ClN2OS. The van der Waals surface area contributed by atoms with Gasteiger partial charge in [0.05, 0.1) is 5.69 Å². The van der Waals surface area contributed by atoms with Gasteiger partial charge in [-0.3, -0.25) is 4.79 Å². The van der Waals surface area contributed by atoms with Crippen LogP contribution in [0, 0.1) is 0 Å². The summed E-state index contributed by atoms with van der Waals surface area (Å²) in [5, 5.41) is 6.59. The standard InChI is InChI=1S/C27H23ClN2OS/c1-18(2)20-6-3-19(4-7-20)5-16-26(31)29-24-14-10-21(11-15-24)25-17-32-27(30-25)22-8-12-23(28)13-9-22/h3-18H,1-2H3,(H,29,31)/b16-5+. The van der Waals surface area contributed by atoms with E-state index in [2.05, 4.69) is 31.3 Å². The van der Waals surface area contributed by atoms with Crippen molar-refractivity contribution in [2.45, 2.75) is 19.8 Å². The lowest BCUT2D eigenvalue weighted by Gasteiger charge is -2.05. The third-order valence-electron chi connectivity index (χ3n) is 5.07. The van der Waals surface area contributed by atoms with E-state index in [9.17, 15) is 4.79 Å². The fourth-order valence-electron chi connectivity index (χ4n) is 3.20. The molecule has 0 unspecified atom stereocenters. The van der Waals surface area contributed by atoms with Crippen LogP contribution in [0.2, 0.25) is 5.02 Å². The molecule has 0 aliphatic carbocycles. The van der Waals surface area contributed by atoms with Crippen LogP contribution >= 0.6 is 22.9 Å². The Kier molecular flexibility index (Phi) is 6.84. The molecule has 1 N–H and O–H groups in total. The molecule has 1 amide bonds. The first-order chi connectivity index (χ1) is 15.5. The molecule has 3 nitrogen and oxygen atoms in total. The molecule has 32 heavy (non-hydrogen) atoms. The molecule has 0 spiro atoms. The second kappa shape index (κ2) is 9.94. The van der Waals surface area contributed by atoms with E-state index in [0.29, 0.717) is 10.9 Å². The van der Waals surface area contributed by atoms with Crippen LogP contribution < -0.4 is 5.32 Å². The highest BCUT2D eigenvalue weighted by molar-refractivity contribution is 7.13. The van der Waals surface area contributed by atoms with Crippen LogP contribution in [0.15, 0.2) is 84.3 Å². The molecule has 160 valence electrons. The molecular weight excluding hydrogens is 436 g/mol. The number of carbonyl (C=O) groups is 1. The first-order valence-electron chi connectivity index (χ1n) is 10.4. The molecule has 3 aromatic carbocycles. The Balaban J connectivity index is 1.38. The molecule has 0 fully saturated rings. The van der Waals surface area contributed by atoms with Gasteiger partial charge in [0.1, 0.15) is 5.01 Å². The van der Waals surface area contributed by atoms with Gasteiger partial charge in [-0.2, -0.15) is 0 Å². The van der Waals surface area contributed by atoms with E-state index in [1.54, 1.807) is 17.4 Å². The van der Waals surface area contributed by atoms with Gasteiger partial charge in [0.15, 0.2) is 0 Å². The molecule has 0 bridgehead atoms. The third kappa shape index (κ3) is 5.52. The van der Waals surface area contributed by atoms with E-state index in [1.807, 2.05) is 72.1 Å². The zero-order valence-electron chi connectivity index (χ0n) is 17.9. The molecule has 0 aliphatic heterocycles. The summed E-state index contributed by atoms with van der Waals surface area (Å²) in [6, 6.07) is 23.6. The zero-order chi connectivity index (χ0) is 22.5. The number of nitrogens with zero attached hydrogens (tertiary/aromatic N) is 1. The van der Waals surface area contributed by atoms with Crippen LogP contribution in [0.4, 0.5) is 5.69 Å². The lowest BCUT2D eigenvalue weighted by Crippen LogP contribution is -2.07. The van der Waals surface area contributed by atoms with Gasteiger partial charge in [0, 0.05) is 33.3 Å². The topological polar surface area (TPSA) is 42.0 Å². The minimum atomic E-state index is -0.163. The van der Waals surface area contributed by atoms with E-state index in [-0.39, 0.29) is 5.91 Å². The molecule has 0 aliphatic rings. The van der Waals surface area contributed by atoms with Crippen molar-refractivity contribution in [3.63, 3.8) is 0 Å². The van der Waals surface area contributed by atoms with Crippen LogP contribution in [-0.2, 0) is 4.79 Å². The Morgan fingerprint density at radius 1 is 0.938 bits per heavy atom. The highest BCUT2D eigenvalue weighted by atomic mass is 35.5. The number of anilines is 1. The van der Waals surface area contributed by atoms with Gasteiger partial charge in [0.25, 0.3) is 0 Å². The van der Waals surface area contributed by atoms with Crippen LogP contribution in [0.5, 0.6) is 0 Å². The smallest absolute Gasteiger partial charge is 0.248 e. The Hall–Kier alpha value is -3.21. The van der Waals surface area contributed by atoms with Crippen molar-refractivity contribution >= 4 is 40.6 Å². The first kappa shape index (κ1) is 22.0. The van der Waals surface area contributed by atoms with E-state index < -0.39 is 0 Å². The maximum atomic E-state index is 12.3. The Labute approximate surface area is 197 Å². The van der Waals surface area contributed by atoms with Gasteiger partial charge in [-0.25, -0.2) is 4.98 Å². The van der Waals surface area contributed by atoms with Gasteiger partial charge in [0.2, 0.25) is 5.91 Å². The monoisotopic (exact) mass is 458 g/mol. The van der Waals surface area contributed by atoms with Crippen molar-refractivity contribution in [1.29, 1.82) is 0 Å². The van der Waals surface area contributed by atoms with Crippen molar-refractivity contribution in [3.05, 3.63) is 100 Å². The van der Waals surface area contributed by atoms with Gasteiger partial charge in [-0.05, 0) is 47.4 Å². The number of amides is 1. The van der Waals surface area contributed by atoms with Crippen LogP contribution in [0.3, 0.4) is 0 Å². The SMILES string of the molecule is CC(C)c1ccc(/C=C/C(=O)Nc2ccc(-c3csc(-c4ccc(Cl)cc4)n3)cc2)cc1. The lowest BCUT2D eigenvalue weighted by molar-refractivity contribution is -0.111. The maximum absolute atomic E-state index is 12.3. The van der Waals surface area contributed by atoms with Crippen molar-refractivity contribution in [1.82, 2.24) is 4.98 Å². The number of nitrogens with one attached hydrogen (secondary N) is 1. The molecule has 0 saturated heterocycles. The molecule has 4 rings (SSSR count). The number of thiazole rings is 1. The lowest BCUT2D eigenvalue weighted by atomic mass is 10.0. The predicted molar refractivity (Wildman–Crippen MR) is 136 cm³/mol. The number of rotatable bonds is 6.